The quantitative estimate of drug-likeness (QED) is 0.637. The van der Waals surface area contributed by atoms with E-state index in [4.69, 9.17) is 4.74 Å². The van der Waals surface area contributed by atoms with Crippen LogP contribution in [0.1, 0.15) is 35.5 Å². The van der Waals surface area contributed by atoms with E-state index >= 15 is 0 Å². The molecule has 0 aliphatic carbocycles. The van der Waals surface area contributed by atoms with Gasteiger partial charge < -0.3 is 14.6 Å². The zero-order chi connectivity index (χ0) is 19.9. The first-order valence-corrected chi connectivity index (χ1v) is 9.29. The third-order valence-corrected chi connectivity index (χ3v) is 4.67. The molecule has 144 valence electrons. The van der Waals surface area contributed by atoms with Crippen LogP contribution in [-0.4, -0.2) is 22.6 Å². The van der Waals surface area contributed by atoms with Gasteiger partial charge >= 0.3 is 0 Å². The van der Waals surface area contributed by atoms with Crippen molar-refractivity contribution in [2.75, 3.05) is 7.11 Å². The molecule has 1 atom stereocenters. The third-order valence-electron chi connectivity index (χ3n) is 4.67. The molecule has 1 unspecified atom stereocenters. The van der Waals surface area contributed by atoms with Crippen LogP contribution in [0.15, 0.2) is 67.0 Å². The molecule has 0 aliphatic heterocycles. The van der Waals surface area contributed by atoms with Crippen molar-refractivity contribution in [2.45, 2.75) is 19.4 Å². The second kappa shape index (κ2) is 9.04. The molecule has 5 heteroatoms. The van der Waals surface area contributed by atoms with Gasteiger partial charge in [0.15, 0.2) is 0 Å². The lowest BCUT2D eigenvalue weighted by Crippen LogP contribution is -2.29. The highest BCUT2D eigenvalue weighted by Crippen LogP contribution is 2.23. The fourth-order valence-electron chi connectivity index (χ4n) is 2.98. The van der Waals surface area contributed by atoms with Crippen LogP contribution in [0, 0.1) is 0 Å². The zero-order valence-corrected chi connectivity index (χ0v) is 16.4. The summed E-state index contributed by atoms with van der Waals surface area (Å²) in [4.78, 5) is 17.0. The van der Waals surface area contributed by atoms with E-state index in [0.29, 0.717) is 0 Å². The Balaban J connectivity index is 1.79. The Kier molecular flexibility index (Phi) is 6.27. The molecule has 0 spiro atoms. The van der Waals surface area contributed by atoms with Gasteiger partial charge in [-0.25, -0.2) is 4.98 Å². The van der Waals surface area contributed by atoms with Gasteiger partial charge in [-0.05, 0) is 41.3 Å². The number of aromatic nitrogens is 2. The fourth-order valence-corrected chi connectivity index (χ4v) is 2.98. The topological polar surface area (TPSA) is 56.1 Å². The van der Waals surface area contributed by atoms with Crippen LogP contribution in [0.5, 0.6) is 5.75 Å². The van der Waals surface area contributed by atoms with E-state index in [9.17, 15) is 4.79 Å². The van der Waals surface area contributed by atoms with Crippen LogP contribution >= 0.6 is 0 Å². The third kappa shape index (κ3) is 4.68. The Morgan fingerprint density at radius 1 is 1.18 bits per heavy atom. The molecule has 0 saturated carbocycles. The lowest BCUT2D eigenvalue weighted by atomic mass is 10.1. The molecule has 1 amide bonds. The number of nitrogens with zero attached hydrogens (tertiary/aromatic N) is 2. The fraction of sp³-hybridized carbons (Fsp3) is 0.217. The average Bonchev–Trinajstić information content (AvgIpc) is 3.16. The van der Waals surface area contributed by atoms with Crippen molar-refractivity contribution < 1.29 is 9.53 Å². The molecule has 3 aromatic rings. The Morgan fingerprint density at radius 2 is 1.89 bits per heavy atom. The Hall–Kier alpha value is -3.34. The van der Waals surface area contributed by atoms with E-state index in [1.807, 2.05) is 60.3 Å². The second-order valence-electron chi connectivity index (χ2n) is 6.54. The van der Waals surface area contributed by atoms with Crippen molar-refractivity contribution in [1.82, 2.24) is 14.9 Å². The first-order chi connectivity index (χ1) is 13.6. The molecule has 0 radical (unpaired) electrons. The maximum Gasteiger partial charge on any atom is 0.244 e. The highest BCUT2D eigenvalue weighted by Gasteiger charge is 2.19. The van der Waals surface area contributed by atoms with Crippen molar-refractivity contribution in [1.29, 1.82) is 0 Å². The van der Waals surface area contributed by atoms with Gasteiger partial charge in [0.25, 0.3) is 0 Å². The van der Waals surface area contributed by atoms with E-state index < -0.39 is 0 Å². The molecule has 1 heterocycles. The number of imidazole rings is 1. The number of hydrogen-bond donors (Lipinski definition) is 1. The van der Waals surface area contributed by atoms with E-state index in [2.05, 4.69) is 29.4 Å². The van der Waals surface area contributed by atoms with Crippen molar-refractivity contribution in [3.05, 3.63) is 89.5 Å². The van der Waals surface area contributed by atoms with Crippen molar-refractivity contribution in [2.24, 2.45) is 7.05 Å². The van der Waals surface area contributed by atoms with Crippen LogP contribution in [0.25, 0.3) is 6.08 Å². The van der Waals surface area contributed by atoms with Gasteiger partial charge in [0.05, 0.1) is 7.11 Å². The predicted octanol–water partition coefficient (Wildman–Crippen LogP) is 3.91. The summed E-state index contributed by atoms with van der Waals surface area (Å²) in [6.07, 6.45) is 7.96. The number of amides is 1. The van der Waals surface area contributed by atoms with Gasteiger partial charge in [0.1, 0.15) is 17.6 Å². The van der Waals surface area contributed by atoms with Crippen molar-refractivity contribution in [3.8, 4) is 5.75 Å². The maximum absolute atomic E-state index is 12.6. The SMILES string of the molecule is CCc1ccc(/C=C/C(=O)NC(c2ccc(OC)cc2)c2nccn2C)cc1. The van der Waals surface area contributed by atoms with Gasteiger partial charge in [-0.15, -0.1) is 0 Å². The second-order valence-corrected chi connectivity index (χ2v) is 6.54. The van der Waals surface area contributed by atoms with Crippen molar-refractivity contribution in [3.63, 3.8) is 0 Å². The van der Waals surface area contributed by atoms with E-state index in [-0.39, 0.29) is 11.9 Å². The molecule has 5 nitrogen and oxygen atoms in total. The van der Waals surface area contributed by atoms with Crippen LogP contribution in [-0.2, 0) is 18.3 Å². The molecule has 3 rings (SSSR count). The molecule has 28 heavy (non-hydrogen) atoms. The summed E-state index contributed by atoms with van der Waals surface area (Å²) < 4.78 is 7.13. The normalized spacial score (nSPS) is 12.1. The van der Waals surface area contributed by atoms with Crippen LogP contribution in [0.2, 0.25) is 0 Å². The van der Waals surface area contributed by atoms with Crippen LogP contribution in [0.3, 0.4) is 0 Å². The summed E-state index contributed by atoms with van der Waals surface area (Å²) in [5.74, 6) is 1.35. The van der Waals surface area contributed by atoms with Gasteiger partial charge in [0, 0.05) is 25.5 Å². The number of rotatable bonds is 7. The number of carbonyl (C=O) groups is 1. The minimum Gasteiger partial charge on any atom is -0.497 e. The minimum atomic E-state index is -0.356. The average molecular weight is 375 g/mol. The van der Waals surface area contributed by atoms with Gasteiger partial charge in [-0.2, -0.15) is 0 Å². The summed E-state index contributed by atoms with van der Waals surface area (Å²) in [6.45, 7) is 2.12. The molecule has 0 fully saturated rings. The van der Waals surface area contributed by atoms with Gasteiger partial charge in [-0.3, -0.25) is 4.79 Å². The first kappa shape index (κ1) is 19.4. The minimum absolute atomic E-state index is 0.177. The molecule has 0 bridgehead atoms. The lowest BCUT2D eigenvalue weighted by molar-refractivity contribution is -0.117. The number of methoxy groups -OCH3 is 1. The van der Waals surface area contributed by atoms with Crippen LogP contribution < -0.4 is 10.1 Å². The molecule has 1 aromatic heterocycles. The van der Waals surface area contributed by atoms with E-state index in [1.165, 1.54) is 5.56 Å². The highest BCUT2D eigenvalue weighted by atomic mass is 16.5. The Labute approximate surface area is 165 Å². The number of nitrogens with one attached hydrogen (secondary N) is 1. The first-order valence-electron chi connectivity index (χ1n) is 9.29. The summed E-state index contributed by atoms with van der Waals surface area (Å²) in [7, 11) is 3.54. The van der Waals surface area contributed by atoms with Gasteiger partial charge in [-0.1, -0.05) is 43.3 Å². The van der Waals surface area contributed by atoms with Crippen LogP contribution in [0.4, 0.5) is 0 Å². The highest BCUT2D eigenvalue weighted by molar-refractivity contribution is 5.92. The molecule has 0 aliphatic rings. The monoisotopic (exact) mass is 375 g/mol. The predicted molar refractivity (Wildman–Crippen MR) is 111 cm³/mol. The number of hydrogen-bond acceptors (Lipinski definition) is 3. The molecular formula is C23H25N3O2. The summed E-state index contributed by atoms with van der Waals surface area (Å²) >= 11 is 0. The largest absolute Gasteiger partial charge is 0.497 e. The summed E-state index contributed by atoms with van der Waals surface area (Å²) in [5.41, 5.74) is 3.20. The smallest absolute Gasteiger partial charge is 0.244 e. The van der Waals surface area contributed by atoms with E-state index in [1.54, 1.807) is 19.4 Å². The van der Waals surface area contributed by atoms with Crippen molar-refractivity contribution >= 4 is 12.0 Å². The molecule has 1 N–H and O–H groups in total. The van der Waals surface area contributed by atoms with Gasteiger partial charge in [0.2, 0.25) is 5.91 Å². The molecule has 0 saturated heterocycles. The lowest BCUT2D eigenvalue weighted by Gasteiger charge is -2.18. The zero-order valence-electron chi connectivity index (χ0n) is 16.4. The number of aryl methyl sites for hydroxylation is 2. The molecule has 2 aromatic carbocycles. The maximum atomic E-state index is 12.6. The Morgan fingerprint density at radius 3 is 2.46 bits per heavy atom. The summed E-state index contributed by atoms with van der Waals surface area (Å²) in [5, 5.41) is 3.06. The number of carbonyl (C=O) groups excluding carboxylic acids is 1. The molecular weight excluding hydrogens is 350 g/mol. The summed E-state index contributed by atoms with van der Waals surface area (Å²) in [6, 6.07) is 15.5. The standard InChI is InChI=1S/C23H25N3O2/c1-4-17-5-7-18(8-6-17)9-14-21(27)25-22(23-24-15-16-26(23)2)19-10-12-20(28-3)13-11-19/h5-16,22H,4H2,1-3H3,(H,25,27)/b14-9+. The Bertz CT molecular complexity index is 941. The van der Waals surface area contributed by atoms with E-state index in [0.717, 1.165) is 29.1 Å². The number of ether oxygens (including phenoxy) is 1. The number of benzene rings is 2.